The number of ether oxygens (including phenoxy) is 2. The SMILES string of the molecule is CCc1cc(O[C@H]2CCc3cccc(-c4cccc(-n5ncc(C(=O)O)c5CC)n4)c32)ccc1C1CCN(C(=O)OCC2CC2)CC1. The highest BCUT2D eigenvalue weighted by atomic mass is 16.6. The fourth-order valence-corrected chi connectivity index (χ4v) is 7.23. The largest absolute Gasteiger partial charge is 0.486 e. The number of aromatic nitrogens is 3. The molecule has 0 unspecified atom stereocenters. The van der Waals surface area contributed by atoms with Crippen molar-refractivity contribution in [3.63, 3.8) is 0 Å². The number of piperidine rings is 1. The zero-order valence-corrected chi connectivity index (χ0v) is 27.2. The number of likely N-dealkylation sites (tertiary alicyclic amines) is 1. The fourth-order valence-electron chi connectivity index (χ4n) is 7.23. The van der Waals surface area contributed by atoms with E-state index in [9.17, 15) is 14.7 Å². The minimum atomic E-state index is -0.990. The number of aromatic carboxylic acids is 1. The van der Waals surface area contributed by atoms with Crippen molar-refractivity contribution in [2.45, 2.75) is 77.2 Å². The van der Waals surface area contributed by atoms with E-state index in [1.165, 1.54) is 35.7 Å². The zero-order chi connectivity index (χ0) is 32.5. The van der Waals surface area contributed by atoms with Crippen molar-refractivity contribution in [3.05, 3.63) is 94.3 Å². The normalized spacial score (nSPS) is 17.8. The topological polar surface area (TPSA) is 107 Å². The molecule has 2 fully saturated rings. The second-order valence-electron chi connectivity index (χ2n) is 13.0. The molecule has 2 aliphatic carbocycles. The number of carbonyl (C=O) groups is 2. The summed E-state index contributed by atoms with van der Waals surface area (Å²) in [4.78, 5) is 31.1. The first-order valence-corrected chi connectivity index (χ1v) is 17.0. The van der Waals surface area contributed by atoms with Gasteiger partial charge in [0.1, 0.15) is 17.4 Å². The third-order valence-electron chi connectivity index (χ3n) is 9.96. The van der Waals surface area contributed by atoms with Gasteiger partial charge in [-0.2, -0.15) is 5.10 Å². The first-order valence-electron chi connectivity index (χ1n) is 17.0. The van der Waals surface area contributed by atoms with Crippen LogP contribution in [0.25, 0.3) is 17.1 Å². The summed E-state index contributed by atoms with van der Waals surface area (Å²) in [7, 11) is 0. The van der Waals surface area contributed by atoms with Crippen molar-refractivity contribution in [1.29, 1.82) is 0 Å². The van der Waals surface area contributed by atoms with Crippen LogP contribution in [0.2, 0.25) is 0 Å². The minimum Gasteiger partial charge on any atom is -0.486 e. The number of benzene rings is 2. The van der Waals surface area contributed by atoms with Crippen LogP contribution in [0.3, 0.4) is 0 Å². The molecule has 9 heteroatoms. The third kappa shape index (κ3) is 6.35. The Balaban J connectivity index is 1.09. The average Bonchev–Trinajstić information content (AvgIpc) is 3.69. The van der Waals surface area contributed by atoms with Crippen LogP contribution >= 0.6 is 0 Å². The highest BCUT2D eigenvalue weighted by molar-refractivity contribution is 5.88. The predicted molar refractivity (Wildman–Crippen MR) is 178 cm³/mol. The Hall–Kier alpha value is -4.66. The average molecular weight is 635 g/mol. The highest BCUT2D eigenvalue weighted by Crippen LogP contribution is 2.42. The second kappa shape index (κ2) is 13.2. The van der Waals surface area contributed by atoms with Gasteiger partial charge >= 0.3 is 12.1 Å². The molecule has 1 aliphatic heterocycles. The Labute approximate surface area is 275 Å². The maximum Gasteiger partial charge on any atom is 0.409 e. The van der Waals surface area contributed by atoms with Gasteiger partial charge < -0.3 is 19.5 Å². The molecule has 2 aromatic heterocycles. The van der Waals surface area contributed by atoms with E-state index in [0.717, 1.165) is 67.8 Å². The molecule has 1 saturated heterocycles. The molecule has 2 aromatic carbocycles. The molecule has 1 saturated carbocycles. The van der Waals surface area contributed by atoms with Gasteiger partial charge in [-0.3, -0.25) is 0 Å². The number of hydrogen-bond donors (Lipinski definition) is 1. The zero-order valence-electron chi connectivity index (χ0n) is 27.2. The van der Waals surface area contributed by atoms with Crippen molar-refractivity contribution in [3.8, 4) is 22.8 Å². The van der Waals surface area contributed by atoms with Crippen LogP contribution in [0.1, 0.15) is 96.3 Å². The van der Waals surface area contributed by atoms with Crippen LogP contribution in [0.5, 0.6) is 5.75 Å². The van der Waals surface area contributed by atoms with E-state index in [1.54, 1.807) is 4.68 Å². The van der Waals surface area contributed by atoms with Crippen LogP contribution in [0.4, 0.5) is 4.79 Å². The smallest absolute Gasteiger partial charge is 0.409 e. The predicted octanol–water partition coefficient (Wildman–Crippen LogP) is 7.55. The first-order chi connectivity index (χ1) is 22.9. The van der Waals surface area contributed by atoms with Gasteiger partial charge in [-0.15, -0.1) is 0 Å². The lowest BCUT2D eigenvalue weighted by molar-refractivity contribution is 0.0695. The van der Waals surface area contributed by atoms with E-state index >= 15 is 0 Å². The lowest BCUT2D eigenvalue weighted by atomic mass is 9.86. The van der Waals surface area contributed by atoms with Crippen LogP contribution in [0.15, 0.2) is 60.8 Å². The quantitative estimate of drug-likeness (QED) is 0.192. The van der Waals surface area contributed by atoms with Gasteiger partial charge in [0, 0.05) is 24.2 Å². The molecule has 3 aliphatic rings. The first kappa shape index (κ1) is 31.0. The summed E-state index contributed by atoms with van der Waals surface area (Å²) in [5, 5.41) is 14.0. The lowest BCUT2D eigenvalue weighted by Gasteiger charge is -2.32. The molecule has 1 amide bonds. The Morgan fingerprint density at radius 2 is 1.77 bits per heavy atom. The summed E-state index contributed by atoms with van der Waals surface area (Å²) in [6, 6.07) is 18.7. The molecule has 4 aromatic rings. The number of amides is 1. The summed E-state index contributed by atoms with van der Waals surface area (Å²) in [6.07, 6.45) is 8.60. The number of aryl methyl sites for hydroxylation is 2. The molecule has 7 rings (SSSR count). The van der Waals surface area contributed by atoms with Gasteiger partial charge in [0.25, 0.3) is 0 Å². The van der Waals surface area contributed by atoms with Crippen LogP contribution in [0, 0.1) is 5.92 Å². The van der Waals surface area contributed by atoms with E-state index in [2.05, 4.69) is 48.4 Å². The number of rotatable bonds is 10. The van der Waals surface area contributed by atoms with Gasteiger partial charge in [-0.05, 0) is 104 Å². The number of carbonyl (C=O) groups excluding carboxylic acids is 1. The molecule has 9 nitrogen and oxygen atoms in total. The minimum absolute atomic E-state index is 0.110. The van der Waals surface area contributed by atoms with E-state index in [4.69, 9.17) is 14.5 Å². The molecular formula is C38H42N4O5. The molecule has 0 spiro atoms. The number of fused-ring (bicyclic) bond motifs is 1. The van der Waals surface area contributed by atoms with Crippen LogP contribution < -0.4 is 4.74 Å². The van der Waals surface area contributed by atoms with Crippen molar-refractivity contribution >= 4 is 12.1 Å². The number of carboxylic acids is 1. The third-order valence-corrected chi connectivity index (χ3v) is 9.96. The van der Waals surface area contributed by atoms with Crippen LogP contribution in [-0.4, -0.2) is 56.5 Å². The molecule has 0 radical (unpaired) electrons. The van der Waals surface area contributed by atoms with Gasteiger partial charge in [0.05, 0.1) is 24.2 Å². The highest BCUT2D eigenvalue weighted by Gasteiger charge is 2.30. The van der Waals surface area contributed by atoms with Gasteiger partial charge in [0.15, 0.2) is 5.82 Å². The molecule has 3 heterocycles. The Kier molecular flexibility index (Phi) is 8.71. The molecule has 1 N–H and O–H groups in total. The Morgan fingerprint density at radius 1 is 0.957 bits per heavy atom. The number of pyridine rings is 1. The Bertz CT molecular complexity index is 1790. The number of carboxylic acid groups (broad SMARTS) is 1. The summed E-state index contributed by atoms with van der Waals surface area (Å²) in [5.74, 6) is 1.46. The van der Waals surface area contributed by atoms with Crippen molar-refractivity contribution < 1.29 is 24.2 Å². The fraction of sp³-hybridized carbons (Fsp3) is 0.421. The second-order valence-corrected chi connectivity index (χ2v) is 13.0. The standard InChI is InChI=1S/C38H42N4O5/c1-3-25-21-28(14-15-29(25)26-17-19-41(20-18-26)38(45)46-23-24-11-12-24)47-34-16-13-27-7-5-8-30(36(27)34)32-9-6-10-35(40-32)42-33(4-2)31(22-39-42)37(43)44/h5-10,14-15,21-22,24,26,34H,3-4,11-13,16-20,23H2,1-2H3,(H,43,44)/t34-/m0/s1. The van der Waals surface area contributed by atoms with Crippen molar-refractivity contribution in [2.75, 3.05) is 19.7 Å². The van der Waals surface area contributed by atoms with Crippen LogP contribution in [-0.2, 0) is 24.0 Å². The molecule has 1 atom stereocenters. The summed E-state index contributed by atoms with van der Waals surface area (Å²) in [6.45, 7) is 6.14. The summed E-state index contributed by atoms with van der Waals surface area (Å²) < 4.78 is 13.9. The number of hydrogen-bond acceptors (Lipinski definition) is 6. The summed E-state index contributed by atoms with van der Waals surface area (Å²) >= 11 is 0. The van der Waals surface area contributed by atoms with Gasteiger partial charge in [0.2, 0.25) is 0 Å². The maximum atomic E-state index is 12.5. The van der Waals surface area contributed by atoms with Gasteiger partial charge in [-0.1, -0.05) is 44.2 Å². The molecule has 0 bridgehead atoms. The van der Waals surface area contributed by atoms with E-state index < -0.39 is 5.97 Å². The Morgan fingerprint density at radius 3 is 2.51 bits per heavy atom. The van der Waals surface area contributed by atoms with Gasteiger partial charge in [-0.25, -0.2) is 19.3 Å². The molecule has 244 valence electrons. The maximum absolute atomic E-state index is 12.5. The van der Waals surface area contributed by atoms with Crippen molar-refractivity contribution in [2.24, 2.45) is 5.92 Å². The van der Waals surface area contributed by atoms with E-state index in [-0.39, 0.29) is 17.8 Å². The summed E-state index contributed by atoms with van der Waals surface area (Å²) in [5.41, 5.74) is 7.70. The number of nitrogens with zero attached hydrogens (tertiary/aromatic N) is 4. The lowest BCUT2D eigenvalue weighted by Crippen LogP contribution is -2.38. The monoisotopic (exact) mass is 634 g/mol. The molecule has 47 heavy (non-hydrogen) atoms. The van der Waals surface area contributed by atoms with E-state index in [1.807, 2.05) is 30.0 Å². The van der Waals surface area contributed by atoms with Crippen molar-refractivity contribution in [1.82, 2.24) is 19.7 Å². The molecular weight excluding hydrogens is 592 g/mol. The van der Waals surface area contributed by atoms with E-state index in [0.29, 0.717) is 36.4 Å².